The Morgan fingerprint density at radius 2 is 2.11 bits per heavy atom. The van der Waals surface area contributed by atoms with Crippen molar-refractivity contribution < 1.29 is 22.7 Å². The summed E-state index contributed by atoms with van der Waals surface area (Å²) < 4.78 is 40.1. The average molecular weight is 413 g/mol. The Hall–Kier alpha value is -1.80. The van der Waals surface area contributed by atoms with Crippen LogP contribution in [0, 0.1) is 0 Å². The Morgan fingerprint density at radius 1 is 1.29 bits per heavy atom. The van der Waals surface area contributed by atoms with Gasteiger partial charge < -0.3 is 19.2 Å². The number of ether oxygens (including phenoxy) is 2. The van der Waals surface area contributed by atoms with Crippen molar-refractivity contribution in [3.63, 3.8) is 0 Å². The van der Waals surface area contributed by atoms with Crippen LogP contribution in [0.25, 0.3) is 11.3 Å². The fraction of sp³-hybridized carbons (Fsp3) is 0.550. The molecule has 0 radical (unpaired) electrons. The molecule has 1 aliphatic carbocycles. The van der Waals surface area contributed by atoms with Crippen molar-refractivity contribution >= 4 is 11.8 Å². The first kappa shape index (κ1) is 20.9. The predicted octanol–water partition coefficient (Wildman–Crippen LogP) is 5.11. The zero-order valence-electron chi connectivity index (χ0n) is 16.1. The molecule has 0 aliphatic heterocycles. The van der Waals surface area contributed by atoms with E-state index in [0.717, 1.165) is 5.75 Å². The molecule has 1 fully saturated rings. The van der Waals surface area contributed by atoms with E-state index in [4.69, 9.17) is 9.15 Å². The number of halogens is 2. The van der Waals surface area contributed by atoms with Gasteiger partial charge in [0.25, 0.3) is 0 Å². The van der Waals surface area contributed by atoms with Crippen LogP contribution in [0.15, 0.2) is 28.9 Å². The summed E-state index contributed by atoms with van der Waals surface area (Å²) in [6.45, 7) is -0.142. The molecule has 2 atom stereocenters. The van der Waals surface area contributed by atoms with Crippen LogP contribution in [0.2, 0.25) is 0 Å². The normalized spacial score (nSPS) is 19.8. The number of aromatic nitrogens is 1. The lowest BCUT2D eigenvalue weighted by Crippen LogP contribution is -2.40. The maximum atomic E-state index is 12.5. The van der Waals surface area contributed by atoms with E-state index in [1.54, 1.807) is 18.4 Å². The molecule has 1 aromatic carbocycles. The molecule has 0 bridgehead atoms. The van der Waals surface area contributed by atoms with Gasteiger partial charge in [-0.2, -0.15) is 20.5 Å². The zero-order valence-corrected chi connectivity index (χ0v) is 16.9. The first-order chi connectivity index (χ1) is 13.6. The minimum absolute atomic E-state index is 0.0107. The van der Waals surface area contributed by atoms with E-state index >= 15 is 0 Å². The number of nitrogens with one attached hydrogen (secondary N) is 1. The molecule has 28 heavy (non-hydrogen) atoms. The van der Waals surface area contributed by atoms with Gasteiger partial charge in [-0.15, -0.1) is 0 Å². The highest BCUT2D eigenvalue weighted by molar-refractivity contribution is 7.99. The van der Waals surface area contributed by atoms with E-state index in [1.165, 1.54) is 38.9 Å². The molecule has 0 saturated heterocycles. The number of hydrogen-bond acceptors (Lipinski definition) is 6. The second-order valence-electron chi connectivity index (χ2n) is 6.64. The molecule has 2 unspecified atom stereocenters. The summed E-state index contributed by atoms with van der Waals surface area (Å²) in [6, 6.07) is 5.19. The van der Waals surface area contributed by atoms with Crippen LogP contribution >= 0.6 is 11.8 Å². The van der Waals surface area contributed by atoms with Gasteiger partial charge in [-0.05, 0) is 36.8 Å². The summed E-state index contributed by atoms with van der Waals surface area (Å²) in [5.41, 5.74) is 1.34. The molecule has 3 rings (SSSR count). The standard InChI is InChI=1S/C20H26F2N2O3S/c1-3-28-18-7-5-4-6-14(18)23-11-19-24-15(12-26-19)13-8-9-16(27-20(21)22)17(10-13)25-2/h8-10,12,14,18,20,23H,3-7,11H2,1-2H3. The fourth-order valence-electron chi connectivity index (χ4n) is 3.51. The second-order valence-corrected chi connectivity index (χ2v) is 8.15. The molecule has 0 spiro atoms. The van der Waals surface area contributed by atoms with E-state index < -0.39 is 6.61 Å². The number of rotatable bonds is 9. The quantitative estimate of drug-likeness (QED) is 0.618. The van der Waals surface area contributed by atoms with Crippen molar-refractivity contribution in [3.8, 4) is 22.8 Å². The van der Waals surface area contributed by atoms with Crippen molar-refractivity contribution in [1.82, 2.24) is 10.3 Å². The molecule has 2 aromatic rings. The minimum Gasteiger partial charge on any atom is -0.493 e. The van der Waals surface area contributed by atoms with Crippen molar-refractivity contribution in [2.75, 3.05) is 12.9 Å². The van der Waals surface area contributed by atoms with Gasteiger partial charge in [-0.25, -0.2) is 4.98 Å². The Labute approximate surface area is 168 Å². The first-order valence-corrected chi connectivity index (χ1v) is 10.6. The largest absolute Gasteiger partial charge is 0.493 e. The van der Waals surface area contributed by atoms with Crippen molar-refractivity contribution in [2.45, 2.75) is 57.1 Å². The summed E-state index contributed by atoms with van der Waals surface area (Å²) in [4.78, 5) is 4.52. The van der Waals surface area contributed by atoms with Gasteiger partial charge in [0, 0.05) is 16.9 Å². The Kier molecular flexibility index (Phi) is 7.56. The van der Waals surface area contributed by atoms with Crippen LogP contribution in [0.5, 0.6) is 11.5 Å². The lowest BCUT2D eigenvalue weighted by molar-refractivity contribution is -0.0512. The van der Waals surface area contributed by atoms with Gasteiger partial charge in [0.05, 0.1) is 13.7 Å². The number of hydrogen-bond donors (Lipinski definition) is 1. The van der Waals surface area contributed by atoms with Gasteiger partial charge in [0.1, 0.15) is 12.0 Å². The lowest BCUT2D eigenvalue weighted by atomic mass is 9.95. The van der Waals surface area contributed by atoms with Crippen LogP contribution in [0.4, 0.5) is 8.78 Å². The molecule has 1 saturated carbocycles. The number of nitrogens with zero attached hydrogens (tertiary/aromatic N) is 1. The Bertz CT molecular complexity index is 755. The molecular weight excluding hydrogens is 386 g/mol. The monoisotopic (exact) mass is 412 g/mol. The third kappa shape index (κ3) is 5.38. The van der Waals surface area contributed by atoms with Gasteiger partial charge >= 0.3 is 6.61 Å². The summed E-state index contributed by atoms with van der Waals surface area (Å²) in [7, 11) is 1.41. The zero-order chi connectivity index (χ0) is 19.9. The molecule has 1 heterocycles. The van der Waals surface area contributed by atoms with E-state index in [-0.39, 0.29) is 11.5 Å². The molecule has 8 heteroatoms. The summed E-state index contributed by atoms with van der Waals surface area (Å²) in [5, 5.41) is 4.22. The van der Waals surface area contributed by atoms with Gasteiger partial charge in [-0.3, -0.25) is 0 Å². The average Bonchev–Trinajstić information content (AvgIpc) is 3.16. The lowest BCUT2D eigenvalue weighted by Gasteiger charge is -2.31. The highest BCUT2D eigenvalue weighted by Gasteiger charge is 2.25. The molecule has 5 nitrogen and oxygen atoms in total. The van der Waals surface area contributed by atoms with Crippen LogP contribution in [-0.4, -0.2) is 35.7 Å². The predicted molar refractivity (Wildman–Crippen MR) is 106 cm³/mol. The van der Waals surface area contributed by atoms with E-state index in [1.807, 2.05) is 11.8 Å². The maximum absolute atomic E-state index is 12.5. The van der Waals surface area contributed by atoms with Crippen LogP contribution in [0.3, 0.4) is 0 Å². The smallest absolute Gasteiger partial charge is 0.387 e. The van der Waals surface area contributed by atoms with Crippen LogP contribution in [-0.2, 0) is 6.54 Å². The molecule has 1 aliphatic rings. The molecule has 0 amide bonds. The first-order valence-electron chi connectivity index (χ1n) is 9.53. The summed E-state index contributed by atoms with van der Waals surface area (Å²) in [6.07, 6.45) is 6.54. The van der Waals surface area contributed by atoms with Crippen molar-refractivity contribution in [2.24, 2.45) is 0 Å². The third-order valence-corrected chi connectivity index (χ3v) is 6.15. The highest BCUT2D eigenvalue weighted by Crippen LogP contribution is 2.33. The number of oxazole rings is 1. The maximum Gasteiger partial charge on any atom is 0.387 e. The number of alkyl halides is 2. The van der Waals surface area contributed by atoms with E-state index in [2.05, 4.69) is 22.0 Å². The van der Waals surface area contributed by atoms with E-state index in [0.29, 0.717) is 35.0 Å². The molecule has 154 valence electrons. The van der Waals surface area contributed by atoms with Crippen molar-refractivity contribution in [3.05, 3.63) is 30.4 Å². The summed E-state index contributed by atoms with van der Waals surface area (Å²) in [5.74, 6) is 1.94. The SMILES string of the molecule is CCSC1CCCCC1NCc1nc(-c2ccc(OC(F)F)c(OC)c2)co1. The van der Waals surface area contributed by atoms with Crippen LogP contribution in [0.1, 0.15) is 38.5 Å². The second kappa shape index (κ2) is 10.1. The molecular formula is C20H26F2N2O3S. The Morgan fingerprint density at radius 3 is 2.86 bits per heavy atom. The number of benzene rings is 1. The summed E-state index contributed by atoms with van der Waals surface area (Å²) >= 11 is 2.01. The van der Waals surface area contributed by atoms with Gasteiger partial charge in [0.2, 0.25) is 5.89 Å². The van der Waals surface area contributed by atoms with Crippen molar-refractivity contribution in [1.29, 1.82) is 0 Å². The Balaban J connectivity index is 1.65. The molecule has 1 N–H and O–H groups in total. The van der Waals surface area contributed by atoms with E-state index in [9.17, 15) is 8.78 Å². The van der Waals surface area contributed by atoms with Gasteiger partial charge in [0.15, 0.2) is 11.5 Å². The highest BCUT2D eigenvalue weighted by atomic mass is 32.2. The third-order valence-electron chi connectivity index (χ3n) is 4.83. The van der Waals surface area contributed by atoms with Crippen LogP contribution < -0.4 is 14.8 Å². The topological polar surface area (TPSA) is 56.5 Å². The number of thioether (sulfide) groups is 1. The minimum atomic E-state index is -2.90. The van der Waals surface area contributed by atoms with Gasteiger partial charge in [-0.1, -0.05) is 19.8 Å². The fourth-order valence-corrected chi connectivity index (χ4v) is 4.73. The molecule has 1 aromatic heterocycles. The number of methoxy groups -OCH3 is 1.